The highest BCUT2D eigenvalue weighted by molar-refractivity contribution is 14.1. The summed E-state index contributed by atoms with van der Waals surface area (Å²) in [4.78, 5) is 12.3. The summed E-state index contributed by atoms with van der Waals surface area (Å²) in [6.45, 7) is 7.15. The summed E-state index contributed by atoms with van der Waals surface area (Å²) in [6.07, 6.45) is 4.46. The van der Waals surface area contributed by atoms with Crippen molar-refractivity contribution in [1.82, 2.24) is 0 Å². The molecule has 0 saturated heterocycles. The Morgan fingerprint density at radius 1 is 1.30 bits per heavy atom. The molecule has 0 fully saturated rings. The predicted molar refractivity (Wildman–Crippen MR) is 91.0 cm³/mol. The number of rotatable bonds is 10. The minimum Gasteiger partial charge on any atom is -0.501 e. The standard InChI is InChI=1S/C16H28FIO2/c1-6-12(8-9-18)14(19)10-15(20-5)13(7-2)11-16(3,4)17/h10,12-13H,6-9,11H2,1-5H3/b15-10-. The number of hydrogen-bond donors (Lipinski definition) is 0. The highest BCUT2D eigenvalue weighted by Gasteiger charge is 2.26. The molecular weight excluding hydrogens is 370 g/mol. The third kappa shape index (κ3) is 7.60. The van der Waals surface area contributed by atoms with Gasteiger partial charge in [0.2, 0.25) is 0 Å². The number of methoxy groups -OCH3 is 1. The number of hydrogen-bond acceptors (Lipinski definition) is 2. The van der Waals surface area contributed by atoms with Crippen LogP contribution in [-0.2, 0) is 9.53 Å². The van der Waals surface area contributed by atoms with Crippen molar-refractivity contribution < 1.29 is 13.9 Å². The number of ether oxygens (including phenoxy) is 1. The van der Waals surface area contributed by atoms with Crippen LogP contribution in [0.1, 0.15) is 53.4 Å². The Bertz CT molecular complexity index is 321. The van der Waals surface area contributed by atoms with E-state index in [1.54, 1.807) is 27.0 Å². The van der Waals surface area contributed by atoms with Gasteiger partial charge in [-0.05, 0) is 39.5 Å². The largest absolute Gasteiger partial charge is 0.501 e. The average Bonchev–Trinajstić information content (AvgIpc) is 2.38. The molecule has 0 amide bonds. The van der Waals surface area contributed by atoms with Gasteiger partial charge in [0.05, 0.1) is 7.11 Å². The van der Waals surface area contributed by atoms with Gasteiger partial charge in [0.1, 0.15) is 11.4 Å². The fraction of sp³-hybridized carbons (Fsp3) is 0.812. The highest BCUT2D eigenvalue weighted by atomic mass is 127. The summed E-state index contributed by atoms with van der Waals surface area (Å²) >= 11 is 2.29. The maximum Gasteiger partial charge on any atom is 0.162 e. The smallest absolute Gasteiger partial charge is 0.162 e. The van der Waals surface area contributed by atoms with Crippen LogP contribution in [0.3, 0.4) is 0 Å². The maximum atomic E-state index is 13.8. The number of halogens is 2. The fourth-order valence-corrected chi connectivity index (χ4v) is 3.06. The van der Waals surface area contributed by atoms with Gasteiger partial charge < -0.3 is 4.74 Å². The van der Waals surface area contributed by atoms with Crippen LogP contribution in [-0.4, -0.2) is 23.0 Å². The Hall–Kier alpha value is -0.130. The lowest BCUT2D eigenvalue weighted by atomic mass is 9.89. The second kappa shape index (κ2) is 9.74. The van der Waals surface area contributed by atoms with E-state index in [0.717, 1.165) is 23.7 Å². The van der Waals surface area contributed by atoms with Crippen molar-refractivity contribution >= 4 is 28.4 Å². The molecule has 0 N–H and O–H groups in total. The summed E-state index contributed by atoms with van der Waals surface area (Å²) in [6, 6.07) is 0. The number of carbonyl (C=O) groups excluding carboxylic acids is 1. The van der Waals surface area contributed by atoms with Crippen molar-refractivity contribution in [3.05, 3.63) is 11.8 Å². The van der Waals surface area contributed by atoms with Crippen LogP contribution in [0.25, 0.3) is 0 Å². The van der Waals surface area contributed by atoms with E-state index in [0.29, 0.717) is 12.2 Å². The van der Waals surface area contributed by atoms with Crippen LogP contribution in [0.5, 0.6) is 0 Å². The minimum absolute atomic E-state index is 0.0407. The molecule has 0 aliphatic heterocycles. The lowest BCUT2D eigenvalue weighted by molar-refractivity contribution is -0.118. The predicted octanol–water partition coefficient (Wildman–Crippen LogP) is 5.10. The number of allylic oxidation sites excluding steroid dienone is 2. The maximum absolute atomic E-state index is 13.8. The van der Waals surface area contributed by atoms with Crippen molar-refractivity contribution in [1.29, 1.82) is 0 Å². The van der Waals surface area contributed by atoms with Crippen LogP contribution in [0, 0.1) is 11.8 Å². The van der Waals surface area contributed by atoms with Gasteiger partial charge in [-0.1, -0.05) is 36.4 Å². The molecule has 2 nitrogen and oxygen atoms in total. The molecule has 0 aromatic carbocycles. The molecule has 0 heterocycles. The first kappa shape index (κ1) is 19.9. The average molecular weight is 398 g/mol. The molecule has 118 valence electrons. The molecule has 0 saturated carbocycles. The van der Waals surface area contributed by atoms with E-state index < -0.39 is 5.67 Å². The van der Waals surface area contributed by atoms with Crippen LogP contribution in [0.4, 0.5) is 4.39 Å². The molecule has 2 unspecified atom stereocenters. The second-order valence-corrected chi connectivity index (χ2v) is 6.84. The van der Waals surface area contributed by atoms with Gasteiger partial charge in [-0.15, -0.1) is 0 Å². The number of alkyl halides is 2. The van der Waals surface area contributed by atoms with Crippen molar-refractivity contribution in [2.75, 3.05) is 11.5 Å². The molecule has 2 atom stereocenters. The summed E-state index contributed by atoms with van der Waals surface area (Å²) in [5.74, 6) is 0.736. The minimum atomic E-state index is -1.26. The van der Waals surface area contributed by atoms with Gasteiger partial charge in [-0.2, -0.15) is 0 Å². The molecule has 0 aliphatic rings. The Morgan fingerprint density at radius 2 is 1.85 bits per heavy atom. The van der Waals surface area contributed by atoms with Gasteiger partial charge >= 0.3 is 0 Å². The summed E-state index contributed by atoms with van der Waals surface area (Å²) in [5.41, 5.74) is -1.26. The highest BCUT2D eigenvalue weighted by Crippen LogP contribution is 2.29. The lowest BCUT2D eigenvalue weighted by Gasteiger charge is -2.24. The fourth-order valence-electron chi connectivity index (χ4n) is 2.31. The van der Waals surface area contributed by atoms with E-state index >= 15 is 0 Å². The van der Waals surface area contributed by atoms with Crippen molar-refractivity contribution in [2.24, 2.45) is 11.8 Å². The molecular formula is C16H28FIO2. The normalized spacial score (nSPS) is 15.8. The Kier molecular flexibility index (Phi) is 9.68. The van der Waals surface area contributed by atoms with Gasteiger partial charge in [0, 0.05) is 22.3 Å². The first-order valence-corrected chi connectivity index (χ1v) is 8.85. The van der Waals surface area contributed by atoms with E-state index in [9.17, 15) is 9.18 Å². The van der Waals surface area contributed by atoms with Crippen LogP contribution in [0.15, 0.2) is 11.8 Å². The Morgan fingerprint density at radius 3 is 2.20 bits per heavy atom. The zero-order chi connectivity index (χ0) is 15.8. The molecule has 4 heteroatoms. The van der Waals surface area contributed by atoms with Crippen molar-refractivity contribution in [3.63, 3.8) is 0 Å². The SMILES string of the molecule is CCC(CCI)C(=O)/C=C(\OC)C(CC)CC(C)(C)F. The van der Waals surface area contributed by atoms with Gasteiger partial charge in [0.15, 0.2) is 5.78 Å². The van der Waals surface area contributed by atoms with E-state index in [2.05, 4.69) is 22.6 Å². The molecule has 0 radical (unpaired) electrons. The van der Waals surface area contributed by atoms with E-state index in [1.165, 1.54) is 0 Å². The summed E-state index contributed by atoms with van der Waals surface area (Å²) in [7, 11) is 1.56. The van der Waals surface area contributed by atoms with Gasteiger partial charge in [-0.25, -0.2) is 4.39 Å². The zero-order valence-corrected chi connectivity index (χ0v) is 15.5. The summed E-state index contributed by atoms with van der Waals surface area (Å²) in [5, 5.41) is 0. The van der Waals surface area contributed by atoms with Gasteiger partial charge in [-0.3, -0.25) is 4.79 Å². The molecule has 0 aromatic heterocycles. The third-order valence-electron chi connectivity index (χ3n) is 3.50. The molecule has 0 aliphatic carbocycles. The second-order valence-electron chi connectivity index (χ2n) is 5.76. The van der Waals surface area contributed by atoms with Crippen LogP contribution in [0.2, 0.25) is 0 Å². The number of carbonyl (C=O) groups is 1. The Labute approximate surface area is 136 Å². The molecule has 0 bridgehead atoms. The third-order valence-corrected chi connectivity index (χ3v) is 4.12. The first-order valence-electron chi connectivity index (χ1n) is 7.33. The van der Waals surface area contributed by atoms with Crippen LogP contribution >= 0.6 is 22.6 Å². The quantitative estimate of drug-likeness (QED) is 0.222. The molecule has 20 heavy (non-hydrogen) atoms. The van der Waals surface area contributed by atoms with E-state index in [-0.39, 0.29) is 17.6 Å². The topological polar surface area (TPSA) is 26.3 Å². The monoisotopic (exact) mass is 398 g/mol. The van der Waals surface area contributed by atoms with Crippen LogP contribution < -0.4 is 0 Å². The summed E-state index contributed by atoms with van der Waals surface area (Å²) < 4.78 is 20.2. The molecule has 0 spiro atoms. The Balaban J connectivity index is 5.01. The number of ketones is 1. The zero-order valence-electron chi connectivity index (χ0n) is 13.3. The lowest BCUT2D eigenvalue weighted by Crippen LogP contribution is -2.21. The van der Waals surface area contributed by atoms with Gasteiger partial charge in [0.25, 0.3) is 0 Å². The van der Waals surface area contributed by atoms with E-state index in [1.807, 2.05) is 13.8 Å². The van der Waals surface area contributed by atoms with E-state index in [4.69, 9.17) is 4.74 Å². The first-order chi connectivity index (χ1) is 9.28. The molecule has 0 rings (SSSR count). The van der Waals surface area contributed by atoms with Crippen molar-refractivity contribution in [2.45, 2.75) is 59.0 Å². The molecule has 0 aromatic rings. The van der Waals surface area contributed by atoms with Crippen molar-refractivity contribution in [3.8, 4) is 0 Å².